The summed E-state index contributed by atoms with van der Waals surface area (Å²) in [5.41, 5.74) is -6.92. The summed E-state index contributed by atoms with van der Waals surface area (Å²) in [6, 6.07) is 17.8. The summed E-state index contributed by atoms with van der Waals surface area (Å²) in [4.78, 5) is 49.4. The molecule has 2 aromatic heterocycles. The van der Waals surface area contributed by atoms with Gasteiger partial charge in [0.2, 0.25) is 5.88 Å². The molecule has 318 valence electrons. The van der Waals surface area contributed by atoms with Crippen LogP contribution in [0.1, 0.15) is 78.3 Å². The second-order valence-electron chi connectivity index (χ2n) is 15.6. The van der Waals surface area contributed by atoms with Crippen LogP contribution in [0.25, 0.3) is 21.9 Å². The number of halogens is 3. The van der Waals surface area contributed by atoms with E-state index in [0.717, 1.165) is 17.7 Å². The third-order valence-electron chi connectivity index (χ3n) is 8.50. The summed E-state index contributed by atoms with van der Waals surface area (Å²) in [6.45, 7) is 11.3. The van der Waals surface area contributed by atoms with Crippen LogP contribution in [0.4, 0.5) is 24.7 Å². The van der Waals surface area contributed by atoms with Crippen molar-refractivity contribution in [1.82, 2.24) is 15.3 Å². The molecule has 0 aliphatic rings. The number of esters is 1. The third kappa shape index (κ3) is 11.0. The molecule has 0 atom stereocenters. The van der Waals surface area contributed by atoms with Gasteiger partial charge in [-0.15, -0.1) is 0 Å². The smallest absolute Gasteiger partial charge is 0.497 e. The van der Waals surface area contributed by atoms with Crippen LogP contribution in [0.15, 0.2) is 79.0 Å². The Morgan fingerprint density at radius 2 is 1.52 bits per heavy atom. The maximum Gasteiger partial charge on any atom is 0.534 e. The highest BCUT2D eigenvalue weighted by atomic mass is 32.2. The fourth-order valence-electron chi connectivity index (χ4n) is 5.67. The number of methoxy groups -OCH3 is 2. The van der Waals surface area contributed by atoms with Gasteiger partial charge in [-0.3, -0.25) is 9.59 Å². The Labute approximate surface area is 344 Å². The van der Waals surface area contributed by atoms with Crippen molar-refractivity contribution in [2.75, 3.05) is 31.4 Å². The number of ether oxygens (including phenoxy) is 3. The molecule has 2 heterocycles. The second kappa shape index (κ2) is 17.4. The van der Waals surface area contributed by atoms with Crippen molar-refractivity contribution in [2.45, 2.75) is 59.2 Å². The normalized spacial score (nSPS) is 12.1. The highest BCUT2D eigenvalue weighted by Crippen LogP contribution is 2.34. The lowest BCUT2D eigenvalue weighted by molar-refractivity contribution is -0.0501. The molecule has 0 saturated heterocycles. The number of hydrogen-bond donors (Lipinski definition) is 3. The third-order valence-corrected chi connectivity index (χ3v) is 9.45. The highest BCUT2D eigenvalue weighted by molar-refractivity contribution is 7.87. The van der Waals surface area contributed by atoms with E-state index < -0.39 is 50.6 Å². The Morgan fingerprint density at radius 1 is 0.800 bits per heavy atom. The quantitative estimate of drug-likeness (QED) is 0.0588. The minimum Gasteiger partial charge on any atom is -0.497 e. The number of rotatable bonds is 13. The minimum absolute atomic E-state index is 0.00621. The van der Waals surface area contributed by atoms with Crippen LogP contribution in [-0.2, 0) is 21.4 Å². The maximum atomic E-state index is 14.1. The van der Waals surface area contributed by atoms with E-state index in [1.54, 1.807) is 77.6 Å². The van der Waals surface area contributed by atoms with Crippen LogP contribution in [-0.4, -0.2) is 68.0 Å². The van der Waals surface area contributed by atoms with Gasteiger partial charge in [0.15, 0.2) is 0 Å². The molecule has 0 spiro atoms. The number of hydrogen-bond acceptors (Lipinski definition) is 12. The number of aromatic nitrogens is 2. The van der Waals surface area contributed by atoms with E-state index in [2.05, 4.69) is 30.1 Å². The zero-order valence-corrected chi connectivity index (χ0v) is 34.8. The molecule has 0 saturated carbocycles. The van der Waals surface area contributed by atoms with Gasteiger partial charge in [-0.1, -0.05) is 26.8 Å². The van der Waals surface area contributed by atoms with Gasteiger partial charge in [0, 0.05) is 59.2 Å². The van der Waals surface area contributed by atoms with E-state index in [1.807, 2.05) is 26.8 Å². The number of pyridine rings is 2. The monoisotopic (exact) mass is 851 g/mol. The van der Waals surface area contributed by atoms with Crippen LogP contribution >= 0.6 is 0 Å². The number of nitrogens with one attached hydrogen (secondary N) is 3. The first-order valence-electron chi connectivity index (χ1n) is 18.3. The zero-order chi connectivity index (χ0) is 44.2. The van der Waals surface area contributed by atoms with E-state index in [4.69, 9.17) is 14.2 Å². The predicted molar refractivity (Wildman–Crippen MR) is 219 cm³/mol. The van der Waals surface area contributed by atoms with Crippen molar-refractivity contribution >= 4 is 50.2 Å². The SMILES string of the molecule is COc1ccc(CNc2nccc3cc(NC(=O)c4nc(OS(=O)(=O)C(F)(F)F)ccc4-c4ccc(C(=O)NCC(C)(C)C)cc4C(=O)OC(C)(C)C)ccc23)c(OC)c1. The number of nitrogens with zero attached hydrogens (tertiary/aromatic N) is 2. The number of carbonyl (C=O) groups excluding carboxylic acids is 3. The summed E-state index contributed by atoms with van der Waals surface area (Å²) in [5.74, 6) is -1.77. The summed E-state index contributed by atoms with van der Waals surface area (Å²) < 4.78 is 84.6. The van der Waals surface area contributed by atoms with Gasteiger partial charge in [0.25, 0.3) is 11.8 Å². The average Bonchev–Trinajstić information content (AvgIpc) is 3.17. The molecule has 0 fully saturated rings. The van der Waals surface area contributed by atoms with Crippen molar-refractivity contribution in [3.05, 3.63) is 101 Å². The number of alkyl halides is 3. The molecule has 14 nitrogen and oxygen atoms in total. The highest BCUT2D eigenvalue weighted by Gasteiger charge is 2.49. The fraction of sp³-hybridized carbons (Fsp3) is 0.310. The Hall–Kier alpha value is -6.43. The Bertz CT molecular complexity index is 2550. The Kier molecular flexibility index (Phi) is 13.0. The summed E-state index contributed by atoms with van der Waals surface area (Å²) in [6.07, 6.45) is 1.55. The van der Waals surface area contributed by atoms with Gasteiger partial charge >= 0.3 is 21.6 Å². The summed E-state index contributed by atoms with van der Waals surface area (Å²) >= 11 is 0. The average molecular weight is 852 g/mol. The van der Waals surface area contributed by atoms with Gasteiger partial charge < -0.3 is 34.3 Å². The van der Waals surface area contributed by atoms with Crippen LogP contribution < -0.4 is 29.6 Å². The number of carbonyl (C=O) groups is 3. The lowest BCUT2D eigenvalue weighted by atomic mass is 9.94. The predicted octanol–water partition coefficient (Wildman–Crippen LogP) is 8.14. The molecule has 0 aliphatic carbocycles. The lowest BCUT2D eigenvalue weighted by Crippen LogP contribution is -2.32. The second-order valence-corrected chi connectivity index (χ2v) is 17.2. The van der Waals surface area contributed by atoms with Crippen molar-refractivity contribution in [3.8, 4) is 28.5 Å². The number of benzene rings is 3. The molecule has 0 aliphatic heterocycles. The molecule has 18 heteroatoms. The zero-order valence-electron chi connectivity index (χ0n) is 34.0. The van der Waals surface area contributed by atoms with Crippen LogP contribution in [0, 0.1) is 5.41 Å². The van der Waals surface area contributed by atoms with Crippen LogP contribution in [0.5, 0.6) is 17.4 Å². The van der Waals surface area contributed by atoms with Gasteiger partial charge in [0.05, 0.1) is 19.8 Å². The molecule has 5 aromatic rings. The van der Waals surface area contributed by atoms with E-state index in [9.17, 15) is 36.0 Å². The van der Waals surface area contributed by atoms with Crippen LogP contribution in [0.3, 0.4) is 0 Å². The fourth-order valence-corrected chi connectivity index (χ4v) is 6.08. The van der Waals surface area contributed by atoms with Crippen molar-refractivity contribution in [3.63, 3.8) is 0 Å². The molecular weight excluding hydrogens is 808 g/mol. The van der Waals surface area contributed by atoms with E-state index in [-0.39, 0.29) is 33.4 Å². The van der Waals surface area contributed by atoms with Gasteiger partial charge in [-0.05, 0) is 91.7 Å². The van der Waals surface area contributed by atoms with Crippen molar-refractivity contribution < 1.29 is 54.4 Å². The largest absolute Gasteiger partial charge is 0.534 e. The molecule has 0 unspecified atom stereocenters. The molecule has 5 rings (SSSR count). The lowest BCUT2D eigenvalue weighted by Gasteiger charge is -2.22. The van der Waals surface area contributed by atoms with E-state index in [1.165, 1.54) is 18.2 Å². The molecule has 2 amide bonds. The van der Waals surface area contributed by atoms with E-state index >= 15 is 0 Å². The van der Waals surface area contributed by atoms with Gasteiger partial charge in [-0.2, -0.15) is 21.6 Å². The van der Waals surface area contributed by atoms with Crippen molar-refractivity contribution in [1.29, 1.82) is 0 Å². The molecule has 60 heavy (non-hydrogen) atoms. The van der Waals surface area contributed by atoms with Gasteiger partial charge in [-0.25, -0.2) is 14.8 Å². The first-order chi connectivity index (χ1) is 28.0. The Morgan fingerprint density at radius 3 is 2.17 bits per heavy atom. The molecule has 0 bridgehead atoms. The van der Waals surface area contributed by atoms with Crippen molar-refractivity contribution in [2.24, 2.45) is 5.41 Å². The van der Waals surface area contributed by atoms with Crippen LogP contribution in [0.2, 0.25) is 0 Å². The number of amides is 2. The molecule has 3 N–H and O–H groups in total. The summed E-state index contributed by atoms with van der Waals surface area (Å²) in [7, 11) is -3.10. The van der Waals surface area contributed by atoms with Gasteiger partial charge in [0.1, 0.15) is 28.6 Å². The summed E-state index contributed by atoms with van der Waals surface area (Å²) in [5, 5.41) is 10.0. The number of fused-ring (bicyclic) bond motifs is 1. The minimum atomic E-state index is -6.20. The standard InChI is InChI=1S/C42H44F3N5O9S/c1-40(2,3)23-48-37(51)25-10-13-30(32(20-25)39(53)58-41(4,5)6)31-15-16-34(59-60(54,55)42(43,44)45)50-35(31)38(52)49-27-11-14-29-24(19-27)17-18-46-36(29)47-22-26-9-12-28(56-7)21-33(26)57-8/h9-21H,22-23H2,1-8H3,(H,46,47)(H,48,51)(H,49,52). The molecule has 0 radical (unpaired) electrons. The maximum absolute atomic E-state index is 14.1. The molecular formula is C42H44F3N5O9S. The first-order valence-corrected chi connectivity index (χ1v) is 19.7. The topological polar surface area (TPSA) is 184 Å². The number of anilines is 2. The molecule has 3 aromatic carbocycles. The Balaban J connectivity index is 1.55. The van der Waals surface area contributed by atoms with E-state index in [0.29, 0.717) is 41.2 Å². The first kappa shape index (κ1) is 44.7.